The van der Waals surface area contributed by atoms with Gasteiger partial charge in [0.05, 0.1) is 16.1 Å². The van der Waals surface area contributed by atoms with E-state index >= 15 is 0 Å². The molecule has 2 heterocycles. The molecule has 1 N–H and O–H groups in total. The van der Waals surface area contributed by atoms with Crippen molar-refractivity contribution in [2.24, 2.45) is 0 Å². The van der Waals surface area contributed by atoms with Crippen LogP contribution in [0.5, 0.6) is 0 Å². The van der Waals surface area contributed by atoms with Crippen LogP contribution in [0.4, 0.5) is 18.9 Å². The predicted octanol–water partition coefficient (Wildman–Crippen LogP) is 4.86. The monoisotopic (exact) mass is 374 g/mol. The Morgan fingerprint density at radius 2 is 1.83 bits per heavy atom. The summed E-state index contributed by atoms with van der Waals surface area (Å²) in [4.78, 5) is 15.9. The van der Waals surface area contributed by atoms with E-state index in [-0.39, 0.29) is 12.3 Å². The zero-order valence-electron chi connectivity index (χ0n) is 12.3. The average Bonchev–Trinajstić information content (AvgIpc) is 2.76. The summed E-state index contributed by atoms with van der Waals surface area (Å²) in [5.41, 5.74) is -0.546. The van der Waals surface area contributed by atoms with Gasteiger partial charge in [-0.1, -0.05) is 29.3 Å². The Bertz CT molecular complexity index is 821. The maximum atomic E-state index is 12.6. The number of halogens is 5. The van der Waals surface area contributed by atoms with Crippen molar-refractivity contribution in [1.82, 2.24) is 4.98 Å². The van der Waals surface area contributed by atoms with Crippen LogP contribution in [0.25, 0.3) is 0 Å². The summed E-state index contributed by atoms with van der Waals surface area (Å²) >= 11 is 12.3. The molecule has 126 valence electrons. The number of carbonyl (C=O) groups is 1. The molecule has 0 aliphatic carbocycles. The summed E-state index contributed by atoms with van der Waals surface area (Å²) in [5.74, 6) is -0.313. The molecule has 3 nitrogen and oxygen atoms in total. The quantitative estimate of drug-likeness (QED) is 0.815. The van der Waals surface area contributed by atoms with Crippen molar-refractivity contribution in [1.29, 1.82) is 0 Å². The number of anilines is 1. The second kappa shape index (κ2) is 5.63. The van der Waals surface area contributed by atoms with Gasteiger partial charge < -0.3 is 5.32 Å². The van der Waals surface area contributed by atoms with Gasteiger partial charge in [0.25, 0.3) is 0 Å². The van der Waals surface area contributed by atoms with Crippen LogP contribution >= 0.6 is 23.2 Å². The lowest BCUT2D eigenvalue weighted by Crippen LogP contribution is -2.33. The van der Waals surface area contributed by atoms with Crippen molar-refractivity contribution >= 4 is 34.8 Å². The lowest BCUT2D eigenvalue weighted by Gasteiger charge is -2.23. The summed E-state index contributed by atoms with van der Waals surface area (Å²) < 4.78 is 37.8. The van der Waals surface area contributed by atoms with E-state index in [0.717, 1.165) is 12.3 Å². The fraction of sp³-hybridized carbons (Fsp3) is 0.250. The number of pyridine rings is 1. The normalized spacial score (nSPS) is 20.0. The molecule has 1 atom stereocenters. The van der Waals surface area contributed by atoms with Crippen LogP contribution in [0.1, 0.15) is 23.7 Å². The van der Waals surface area contributed by atoms with E-state index in [2.05, 4.69) is 10.3 Å². The van der Waals surface area contributed by atoms with Gasteiger partial charge in [-0.15, -0.1) is 0 Å². The summed E-state index contributed by atoms with van der Waals surface area (Å²) in [6, 6.07) is 5.37. The standard InChI is InChI=1S/C16H11Cl2F3N2O/c1-15(6-8-2-5-11(22-7-8)16(19,20)21)12-9(17)3-4-10(18)13(12)23-14(15)24/h2-5,7H,6H2,1H3,(H,23,24). The zero-order chi connectivity index (χ0) is 17.7. The van der Waals surface area contributed by atoms with Gasteiger partial charge in [0.1, 0.15) is 5.69 Å². The van der Waals surface area contributed by atoms with E-state index in [1.54, 1.807) is 19.1 Å². The predicted molar refractivity (Wildman–Crippen MR) is 85.4 cm³/mol. The van der Waals surface area contributed by atoms with E-state index in [0.29, 0.717) is 26.9 Å². The summed E-state index contributed by atoms with van der Waals surface area (Å²) in [5, 5.41) is 3.43. The second-order valence-corrected chi connectivity index (χ2v) is 6.61. The Morgan fingerprint density at radius 1 is 1.17 bits per heavy atom. The van der Waals surface area contributed by atoms with Crippen LogP contribution in [0, 0.1) is 0 Å². The molecule has 1 unspecified atom stereocenters. The molecule has 0 fully saturated rings. The van der Waals surface area contributed by atoms with Gasteiger partial charge in [-0.3, -0.25) is 9.78 Å². The van der Waals surface area contributed by atoms with Crippen molar-refractivity contribution in [2.75, 3.05) is 5.32 Å². The number of hydrogen-bond donors (Lipinski definition) is 1. The molecule has 1 aromatic heterocycles. The Labute approximate surface area is 145 Å². The first-order chi connectivity index (χ1) is 11.1. The number of alkyl halides is 3. The van der Waals surface area contributed by atoms with Gasteiger partial charge >= 0.3 is 6.18 Å². The van der Waals surface area contributed by atoms with Crippen LogP contribution in [-0.2, 0) is 22.8 Å². The van der Waals surface area contributed by atoms with Gasteiger partial charge in [-0.2, -0.15) is 13.2 Å². The Balaban J connectivity index is 1.99. The Kier molecular flexibility index (Phi) is 4.00. The maximum absolute atomic E-state index is 12.6. The number of carbonyl (C=O) groups excluding carboxylic acids is 1. The van der Waals surface area contributed by atoms with Crippen LogP contribution in [-0.4, -0.2) is 10.9 Å². The van der Waals surface area contributed by atoms with Gasteiger partial charge in [0.2, 0.25) is 5.91 Å². The number of amides is 1. The van der Waals surface area contributed by atoms with Crippen molar-refractivity contribution in [3.63, 3.8) is 0 Å². The first-order valence-corrected chi connectivity index (χ1v) is 7.70. The maximum Gasteiger partial charge on any atom is 0.433 e. The molecule has 0 saturated heterocycles. The number of nitrogens with one attached hydrogen (secondary N) is 1. The highest BCUT2D eigenvalue weighted by atomic mass is 35.5. The number of benzene rings is 1. The molecule has 1 amide bonds. The summed E-state index contributed by atoms with van der Waals surface area (Å²) in [7, 11) is 0. The third kappa shape index (κ3) is 2.74. The van der Waals surface area contributed by atoms with Gasteiger partial charge in [-0.25, -0.2) is 0 Å². The molecule has 0 radical (unpaired) electrons. The van der Waals surface area contributed by atoms with Crippen molar-refractivity contribution in [3.8, 4) is 0 Å². The third-order valence-corrected chi connectivity index (χ3v) is 4.70. The number of nitrogens with zero attached hydrogens (tertiary/aromatic N) is 1. The Hall–Kier alpha value is -1.79. The highest BCUT2D eigenvalue weighted by molar-refractivity contribution is 6.38. The van der Waals surface area contributed by atoms with Crippen LogP contribution in [0.15, 0.2) is 30.5 Å². The van der Waals surface area contributed by atoms with E-state index in [1.807, 2.05) is 0 Å². The van der Waals surface area contributed by atoms with Gasteiger partial charge in [0.15, 0.2) is 0 Å². The van der Waals surface area contributed by atoms with E-state index in [1.165, 1.54) is 6.07 Å². The molecule has 2 aromatic rings. The number of hydrogen-bond acceptors (Lipinski definition) is 2. The fourth-order valence-corrected chi connectivity index (χ4v) is 3.42. The first-order valence-electron chi connectivity index (χ1n) is 6.95. The van der Waals surface area contributed by atoms with E-state index < -0.39 is 17.3 Å². The smallest absolute Gasteiger partial charge is 0.324 e. The van der Waals surface area contributed by atoms with Crippen LogP contribution < -0.4 is 5.32 Å². The third-order valence-electron chi connectivity index (χ3n) is 4.07. The SMILES string of the molecule is CC1(Cc2ccc(C(F)(F)F)nc2)C(=O)Nc2c(Cl)ccc(Cl)c21. The van der Waals surface area contributed by atoms with Crippen molar-refractivity contribution in [2.45, 2.75) is 24.9 Å². The number of aromatic nitrogens is 1. The van der Waals surface area contributed by atoms with E-state index in [9.17, 15) is 18.0 Å². The molecular formula is C16H11Cl2F3N2O. The molecule has 1 aliphatic heterocycles. The van der Waals surface area contributed by atoms with Gasteiger partial charge in [-0.05, 0) is 37.1 Å². The van der Waals surface area contributed by atoms with Crippen molar-refractivity contribution < 1.29 is 18.0 Å². The molecule has 0 saturated carbocycles. The molecule has 8 heteroatoms. The largest absolute Gasteiger partial charge is 0.433 e. The zero-order valence-corrected chi connectivity index (χ0v) is 13.9. The minimum atomic E-state index is -4.50. The molecule has 1 aromatic carbocycles. The average molecular weight is 375 g/mol. The van der Waals surface area contributed by atoms with Crippen LogP contribution in [0.3, 0.4) is 0 Å². The molecule has 0 bridgehead atoms. The molecule has 0 spiro atoms. The van der Waals surface area contributed by atoms with Gasteiger partial charge in [0, 0.05) is 16.8 Å². The minimum Gasteiger partial charge on any atom is -0.324 e. The summed E-state index contributed by atoms with van der Waals surface area (Å²) in [6.45, 7) is 1.67. The topological polar surface area (TPSA) is 42.0 Å². The fourth-order valence-electron chi connectivity index (χ4n) is 2.85. The molecule has 3 rings (SSSR count). The number of fused-ring (bicyclic) bond motifs is 1. The number of rotatable bonds is 2. The lowest BCUT2D eigenvalue weighted by molar-refractivity contribution is -0.141. The highest BCUT2D eigenvalue weighted by Gasteiger charge is 2.45. The minimum absolute atomic E-state index is 0.150. The second-order valence-electron chi connectivity index (χ2n) is 5.79. The molecule has 1 aliphatic rings. The first kappa shape index (κ1) is 17.0. The lowest BCUT2D eigenvalue weighted by atomic mass is 9.78. The molecule has 24 heavy (non-hydrogen) atoms. The Morgan fingerprint density at radius 3 is 2.42 bits per heavy atom. The highest BCUT2D eigenvalue weighted by Crippen LogP contribution is 2.47. The van der Waals surface area contributed by atoms with E-state index in [4.69, 9.17) is 23.2 Å². The van der Waals surface area contributed by atoms with Crippen molar-refractivity contribution in [3.05, 3.63) is 57.3 Å². The summed E-state index contributed by atoms with van der Waals surface area (Å²) in [6.07, 6.45) is -3.23. The van der Waals surface area contributed by atoms with Crippen LogP contribution in [0.2, 0.25) is 10.0 Å². The molecular weight excluding hydrogens is 364 g/mol.